The van der Waals surface area contributed by atoms with Gasteiger partial charge in [0.25, 0.3) is 0 Å². The van der Waals surface area contributed by atoms with E-state index in [9.17, 15) is 20.1 Å². The Kier molecular flexibility index (Phi) is 46.1. The molecule has 0 spiro atoms. The minimum atomic E-state index is -1.11. The van der Waals surface area contributed by atoms with Crippen LogP contribution in [0.1, 0.15) is 264 Å². The topological polar surface area (TPSA) is 89.8 Å². The molecule has 0 aliphatic carbocycles. The fourth-order valence-electron chi connectivity index (χ4n) is 7.75. The highest BCUT2D eigenvalue weighted by molar-refractivity contribution is 5.80. The fourth-order valence-corrected chi connectivity index (χ4v) is 7.75. The minimum absolute atomic E-state index is 0.367. The van der Waals surface area contributed by atoms with Crippen LogP contribution in [0.2, 0.25) is 0 Å². The van der Waals surface area contributed by atoms with Crippen molar-refractivity contribution in [3.63, 3.8) is 0 Å². The molecular weight excluding hydrogens is 703 g/mol. The van der Waals surface area contributed by atoms with Crippen molar-refractivity contribution < 1.29 is 20.1 Å². The third kappa shape index (κ3) is 42.5. The Morgan fingerprint density at radius 2 is 0.754 bits per heavy atom. The van der Waals surface area contributed by atoms with Gasteiger partial charge in [0.15, 0.2) is 0 Å². The third-order valence-electron chi connectivity index (χ3n) is 11.7. The lowest BCUT2D eigenvalue weighted by Crippen LogP contribution is -2.48. The van der Waals surface area contributed by atoms with Crippen LogP contribution in [0, 0.1) is 0 Å². The number of rotatable bonds is 46. The zero-order chi connectivity index (χ0) is 41.5. The van der Waals surface area contributed by atoms with Crippen molar-refractivity contribution in [1.82, 2.24) is 5.32 Å². The fraction of sp³-hybridized carbons (Fsp3) is 0.865. The molecule has 57 heavy (non-hydrogen) atoms. The van der Waals surface area contributed by atoms with Gasteiger partial charge in [-0.25, -0.2) is 0 Å². The molecule has 3 unspecified atom stereocenters. The number of amides is 1. The van der Waals surface area contributed by atoms with Gasteiger partial charge in [-0.15, -0.1) is 0 Å². The van der Waals surface area contributed by atoms with Gasteiger partial charge >= 0.3 is 0 Å². The van der Waals surface area contributed by atoms with E-state index in [4.69, 9.17) is 0 Å². The first-order valence-electron chi connectivity index (χ1n) is 25.3. The molecule has 0 heterocycles. The third-order valence-corrected chi connectivity index (χ3v) is 11.7. The molecule has 0 bridgehead atoms. The van der Waals surface area contributed by atoms with E-state index in [0.29, 0.717) is 6.42 Å². The summed E-state index contributed by atoms with van der Waals surface area (Å²) < 4.78 is 0. The van der Waals surface area contributed by atoms with E-state index in [2.05, 4.69) is 43.5 Å². The Bertz CT molecular complexity index is 885. The Hall–Kier alpha value is -1.43. The second kappa shape index (κ2) is 47.3. The van der Waals surface area contributed by atoms with Crippen LogP contribution in [-0.2, 0) is 4.79 Å². The number of carbonyl (C=O) groups excluding carboxylic acids is 1. The molecule has 336 valence electrons. The van der Waals surface area contributed by atoms with E-state index in [1.807, 2.05) is 6.08 Å². The highest BCUT2D eigenvalue weighted by atomic mass is 16.3. The normalized spacial score (nSPS) is 13.7. The van der Waals surface area contributed by atoms with Gasteiger partial charge in [-0.05, 0) is 51.4 Å². The van der Waals surface area contributed by atoms with Crippen molar-refractivity contribution in [2.75, 3.05) is 6.61 Å². The van der Waals surface area contributed by atoms with Crippen LogP contribution >= 0.6 is 0 Å². The Labute approximate surface area is 355 Å². The smallest absolute Gasteiger partial charge is 0.249 e. The molecule has 0 saturated carbocycles. The van der Waals surface area contributed by atoms with E-state index in [0.717, 1.165) is 44.9 Å². The molecule has 0 aromatic carbocycles. The molecule has 0 fully saturated rings. The maximum atomic E-state index is 12.5. The molecule has 4 N–H and O–H groups in total. The van der Waals surface area contributed by atoms with Crippen molar-refractivity contribution >= 4 is 5.91 Å². The number of unbranched alkanes of at least 4 members (excludes halogenated alkanes) is 34. The molecule has 0 rings (SSSR count). The monoisotopic (exact) mass is 802 g/mol. The maximum Gasteiger partial charge on any atom is 0.249 e. The van der Waals surface area contributed by atoms with Crippen LogP contribution in [0.5, 0.6) is 0 Å². The number of hydrogen-bond donors (Lipinski definition) is 4. The van der Waals surface area contributed by atoms with Crippen molar-refractivity contribution in [3.05, 3.63) is 36.5 Å². The predicted octanol–water partition coefficient (Wildman–Crippen LogP) is 15.1. The average molecular weight is 802 g/mol. The number of carbonyl (C=O) groups is 1. The summed E-state index contributed by atoms with van der Waals surface area (Å²) in [7, 11) is 0. The summed E-state index contributed by atoms with van der Waals surface area (Å²) in [5.41, 5.74) is 0. The Balaban J connectivity index is 3.65. The van der Waals surface area contributed by atoms with E-state index in [1.54, 1.807) is 6.08 Å². The summed E-state index contributed by atoms with van der Waals surface area (Å²) in [6.45, 7) is 4.20. The predicted molar refractivity (Wildman–Crippen MR) is 250 cm³/mol. The lowest BCUT2D eigenvalue weighted by Gasteiger charge is -2.21. The van der Waals surface area contributed by atoms with E-state index in [1.165, 1.54) is 199 Å². The molecular formula is C52H99NO4. The summed E-state index contributed by atoms with van der Waals surface area (Å²) in [5, 5.41) is 33.3. The molecule has 5 nitrogen and oxygen atoms in total. The van der Waals surface area contributed by atoms with Crippen LogP contribution in [0.4, 0.5) is 0 Å². The first-order valence-corrected chi connectivity index (χ1v) is 25.3. The Morgan fingerprint density at radius 1 is 0.439 bits per heavy atom. The summed E-state index contributed by atoms with van der Waals surface area (Å²) in [5.74, 6) is -0.509. The number of aliphatic hydroxyl groups is 3. The first kappa shape index (κ1) is 55.6. The molecule has 0 aliphatic heterocycles. The Morgan fingerprint density at radius 3 is 1.11 bits per heavy atom. The summed E-state index contributed by atoms with van der Waals surface area (Å²) in [6.07, 6.45) is 60.5. The summed E-state index contributed by atoms with van der Waals surface area (Å²) >= 11 is 0. The SMILES string of the molecule is CCCCCCCCCCC/C=C\C/C=C\CCCCCCCCC(O)C(=O)NC(CO)C(O)/C=C/CCCCCCCCCCCCCCCCCCCCC. The molecule has 1 amide bonds. The standard InChI is InChI=1S/C52H99NO4/c1-3-5-7-9-11-13-15-17-19-21-23-25-27-29-31-33-35-37-39-41-43-45-47-51(56)52(57)53-49(48-54)50(55)46-44-42-40-38-36-34-32-30-28-26-24-22-20-18-16-14-12-10-8-6-4-2/h23,25,29,31,44,46,49-51,54-56H,3-22,24,26-28,30,32-43,45,47-48H2,1-2H3,(H,53,57)/b25-23-,31-29-,46-44+. The maximum absolute atomic E-state index is 12.5. The molecule has 5 heteroatoms. The van der Waals surface area contributed by atoms with Gasteiger partial charge in [0, 0.05) is 0 Å². The number of allylic oxidation sites excluding steroid dienone is 5. The molecule has 0 aromatic heterocycles. The van der Waals surface area contributed by atoms with Crippen molar-refractivity contribution in [3.8, 4) is 0 Å². The van der Waals surface area contributed by atoms with Crippen molar-refractivity contribution in [2.45, 2.75) is 283 Å². The van der Waals surface area contributed by atoms with Crippen LogP contribution < -0.4 is 5.32 Å². The minimum Gasteiger partial charge on any atom is -0.394 e. The zero-order valence-electron chi connectivity index (χ0n) is 38.2. The van der Waals surface area contributed by atoms with E-state index in [-0.39, 0.29) is 6.61 Å². The number of nitrogens with one attached hydrogen (secondary N) is 1. The molecule has 0 aliphatic rings. The van der Waals surface area contributed by atoms with Crippen molar-refractivity contribution in [2.24, 2.45) is 0 Å². The van der Waals surface area contributed by atoms with E-state index < -0.39 is 24.2 Å². The van der Waals surface area contributed by atoms with Gasteiger partial charge in [-0.1, -0.05) is 249 Å². The second-order valence-electron chi connectivity index (χ2n) is 17.4. The summed E-state index contributed by atoms with van der Waals surface area (Å²) in [4.78, 5) is 12.5. The number of aliphatic hydroxyl groups excluding tert-OH is 3. The molecule has 0 saturated heterocycles. The van der Waals surface area contributed by atoms with Crippen LogP contribution in [0.25, 0.3) is 0 Å². The van der Waals surface area contributed by atoms with Gasteiger partial charge < -0.3 is 20.6 Å². The van der Waals surface area contributed by atoms with Crippen LogP contribution in [0.15, 0.2) is 36.5 Å². The highest BCUT2D eigenvalue weighted by Gasteiger charge is 2.22. The van der Waals surface area contributed by atoms with Gasteiger partial charge in [0.05, 0.1) is 18.8 Å². The van der Waals surface area contributed by atoms with Gasteiger partial charge in [-0.2, -0.15) is 0 Å². The van der Waals surface area contributed by atoms with Crippen molar-refractivity contribution in [1.29, 1.82) is 0 Å². The molecule has 0 aromatic rings. The largest absolute Gasteiger partial charge is 0.394 e. The van der Waals surface area contributed by atoms with E-state index >= 15 is 0 Å². The van der Waals surface area contributed by atoms with Crippen LogP contribution in [-0.4, -0.2) is 46.1 Å². The average Bonchev–Trinajstić information content (AvgIpc) is 3.22. The second-order valence-corrected chi connectivity index (χ2v) is 17.4. The zero-order valence-corrected chi connectivity index (χ0v) is 38.2. The first-order chi connectivity index (χ1) is 28.1. The lowest BCUT2D eigenvalue weighted by molar-refractivity contribution is -0.131. The molecule has 0 radical (unpaired) electrons. The highest BCUT2D eigenvalue weighted by Crippen LogP contribution is 2.16. The van der Waals surface area contributed by atoms with Gasteiger partial charge in [0.2, 0.25) is 5.91 Å². The quantitative estimate of drug-likeness (QED) is 0.0365. The molecule has 3 atom stereocenters. The summed E-state index contributed by atoms with van der Waals surface area (Å²) in [6, 6.07) is -0.803. The van der Waals surface area contributed by atoms with Gasteiger partial charge in [0.1, 0.15) is 6.10 Å². The number of hydrogen-bond acceptors (Lipinski definition) is 4. The lowest BCUT2D eigenvalue weighted by atomic mass is 10.0. The van der Waals surface area contributed by atoms with Crippen LogP contribution in [0.3, 0.4) is 0 Å². The van der Waals surface area contributed by atoms with Gasteiger partial charge in [-0.3, -0.25) is 4.79 Å².